The molecule has 0 bridgehead atoms. The van der Waals surface area contributed by atoms with E-state index in [1.165, 1.54) is 30.5 Å². The average molecular weight is 228 g/mol. The van der Waals surface area contributed by atoms with Gasteiger partial charge in [0.2, 0.25) is 0 Å². The first-order valence-electron chi connectivity index (χ1n) is 4.71. The molecule has 0 saturated heterocycles. The largest absolute Gasteiger partial charge is 0.508 e. The molecule has 17 heavy (non-hydrogen) atoms. The monoisotopic (exact) mass is 228 g/mol. The van der Waals surface area contributed by atoms with Gasteiger partial charge in [-0.05, 0) is 24.3 Å². The van der Waals surface area contributed by atoms with Crippen LogP contribution in [0, 0.1) is 11.3 Å². The van der Waals surface area contributed by atoms with Gasteiger partial charge in [0.05, 0.1) is 6.20 Å². The van der Waals surface area contributed by atoms with Crippen molar-refractivity contribution in [1.29, 1.82) is 5.26 Å². The molecule has 6 nitrogen and oxygen atoms in total. The van der Waals surface area contributed by atoms with E-state index < -0.39 is 5.91 Å². The molecular formula is C11H8N4O2. The molecule has 2 rings (SSSR count). The third kappa shape index (κ3) is 1.81. The van der Waals surface area contributed by atoms with Crippen LogP contribution in [0.2, 0.25) is 0 Å². The molecule has 0 spiro atoms. The number of nitrogens with zero attached hydrogens (tertiary/aromatic N) is 3. The quantitative estimate of drug-likeness (QED) is 0.748. The highest BCUT2D eigenvalue weighted by molar-refractivity contribution is 5.97. The molecule has 3 N–H and O–H groups in total. The number of nitriles is 1. The van der Waals surface area contributed by atoms with Gasteiger partial charge in [-0.1, -0.05) is 0 Å². The fourth-order valence-electron chi connectivity index (χ4n) is 1.33. The average Bonchev–Trinajstić information content (AvgIpc) is 2.70. The van der Waals surface area contributed by atoms with E-state index in [1.807, 2.05) is 6.07 Å². The van der Waals surface area contributed by atoms with Crippen LogP contribution < -0.4 is 5.73 Å². The number of rotatable bonds is 1. The minimum Gasteiger partial charge on any atom is -0.508 e. The lowest BCUT2D eigenvalue weighted by atomic mass is 10.2. The highest BCUT2D eigenvalue weighted by Gasteiger charge is 2.15. The molecule has 0 fully saturated rings. The second kappa shape index (κ2) is 3.98. The second-order valence-corrected chi connectivity index (χ2v) is 3.32. The lowest BCUT2D eigenvalue weighted by molar-refractivity contribution is 0.0948. The van der Waals surface area contributed by atoms with Crippen molar-refractivity contribution in [2.24, 2.45) is 0 Å². The van der Waals surface area contributed by atoms with Crippen LogP contribution in [0.1, 0.15) is 15.9 Å². The van der Waals surface area contributed by atoms with Crippen LogP contribution in [0.5, 0.6) is 5.75 Å². The molecule has 1 aromatic heterocycles. The summed E-state index contributed by atoms with van der Waals surface area (Å²) in [5.41, 5.74) is 6.06. The zero-order valence-electron chi connectivity index (χ0n) is 8.66. The summed E-state index contributed by atoms with van der Waals surface area (Å²) in [5.74, 6) is -0.387. The number of aromatic nitrogens is 2. The lowest BCUT2D eigenvalue weighted by Gasteiger charge is -2.02. The van der Waals surface area contributed by atoms with E-state index in [4.69, 9.17) is 16.1 Å². The molecule has 0 amide bonds. The van der Waals surface area contributed by atoms with E-state index >= 15 is 0 Å². The standard InChI is InChI=1S/C11H8N4O2/c12-5-8-6-14-15(10(8)13)11(17)7-1-3-9(16)4-2-7/h1-4,6,16H,13H2. The van der Waals surface area contributed by atoms with Gasteiger partial charge in [-0.2, -0.15) is 15.0 Å². The summed E-state index contributed by atoms with van der Waals surface area (Å²) >= 11 is 0. The molecule has 0 radical (unpaired) electrons. The Labute approximate surface area is 96.5 Å². The van der Waals surface area contributed by atoms with Crippen LogP contribution in [0.4, 0.5) is 5.82 Å². The molecular weight excluding hydrogens is 220 g/mol. The molecule has 0 aliphatic rings. The highest BCUT2D eigenvalue weighted by atomic mass is 16.3. The normalized spacial score (nSPS) is 9.82. The molecule has 84 valence electrons. The van der Waals surface area contributed by atoms with E-state index in [9.17, 15) is 4.79 Å². The third-order valence-corrected chi connectivity index (χ3v) is 2.23. The number of nitrogen functional groups attached to an aromatic ring is 1. The predicted molar refractivity (Wildman–Crippen MR) is 59.2 cm³/mol. The number of benzene rings is 1. The fraction of sp³-hybridized carbons (Fsp3) is 0. The van der Waals surface area contributed by atoms with Crippen LogP contribution in [0.25, 0.3) is 0 Å². The number of anilines is 1. The summed E-state index contributed by atoms with van der Waals surface area (Å²) in [5, 5.41) is 21.5. The van der Waals surface area contributed by atoms with Crippen molar-refractivity contribution >= 4 is 11.7 Å². The predicted octanol–water partition coefficient (Wildman–Crippen LogP) is 0.731. The van der Waals surface area contributed by atoms with Gasteiger partial charge in [0.15, 0.2) is 0 Å². The summed E-state index contributed by atoms with van der Waals surface area (Å²) < 4.78 is 0.949. The zero-order valence-corrected chi connectivity index (χ0v) is 8.66. The van der Waals surface area contributed by atoms with E-state index in [2.05, 4.69) is 5.10 Å². The van der Waals surface area contributed by atoms with Crippen LogP contribution in [0.15, 0.2) is 30.5 Å². The number of hydrogen-bond acceptors (Lipinski definition) is 5. The van der Waals surface area contributed by atoms with E-state index in [1.54, 1.807) is 0 Å². The van der Waals surface area contributed by atoms with Crippen molar-refractivity contribution in [2.45, 2.75) is 0 Å². The topological polar surface area (TPSA) is 105 Å². The maximum Gasteiger partial charge on any atom is 0.280 e. The van der Waals surface area contributed by atoms with Gasteiger partial charge in [-0.25, -0.2) is 0 Å². The maximum atomic E-state index is 11.9. The Morgan fingerprint density at radius 2 is 2.06 bits per heavy atom. The number of hydrogen-bond donors (Lipinski definition) is 2. The first-order chi connectivity index (χ1) is 8.13. The van der Waals surface area contributed by atoms with E-state index in [0.29, 0.717) is 5.56 Å². The van der Waals surface area contributed by atoms with Crippen molar-refractivity contribution in [2.75, 3.05) is 5.73 Å². The Kier molecular flexibility index (Phi) is 2.51. The number of carbonyl (C=O) groups excluding carboxylic acids is 1. The summed E-state index contributed by atoms with van der Waals surface area (Å²) in [6.07, 6.45) is 1.23. The van der Waals surface area contributed by atoms with Crippen molar-refractivity contribution in [3.63, 3.8) is 0 Å². The van der Waals surface area contributed by atoms with Crippen molar-refractivity contribution < 1.29 is 9.90 Å². The van der Waals surface area contributed by atoms with Crippen molar-refractivity contribution in [3.05, 3.63) is 41.6 Å². The number of aromatic hydroxyl groups is 1. The first-order valence-corrected chi connectivity index (χ1v) is 4.71. The lowest BCUT2D eigenvalue weighted by Crippen LogP contribution is -2.16. The van der Waals surface area contributed by atoms with Crippen LogP contribution in [-0.2, 0) is 0 Å². The summed E-state index contributed by atoms with van der Waals surface area (Å²) in [6, 6.07) is 7.50. The molecule has 2 aromatic rings. The number of phenols is 1. The van der Waals surface area contributed by atoms with Crippen LogP contribution in [0.3, 0.4) is 0 Å². The van der Waals surface area contributed by atoms with Crippen LogP contribution in [-0.4, -0.2) is 20.8 Å². The number of phenolic OH excluding ortho intramolecular Hbond substituents is 1. The van der Waals surface area contributed by atoms with Crippen molar-refractivity contribution in [3.8, 4) is 11.8 Å². The van der Waals surface area contributed by atoms with Crippen LogP contribution >= 0.6 is 0 Å². The highest BCUT2D eigenvalue weighted by Crippen LogP contribution is 2.14. The minimum atomic E-state index is -0.455. The molecule has 0 aliphatic heterocycles. The Morgan fingerprint density at radius 1 is 1.41 bits per heavy atom. The molecule has 6 heteroatoms. The summed E-state index contributed by atoms with van der Waals surface area (Å²) in [4.78, 5) is 11.9. The fourth-order valence-corrected chi connectivity index (χ4v) is 1.33. The molecule has 0 unspecified atom stereocenters. The number of nitrogens with two attached hydrogens (primary N) is 1. The summed E-state index contributed by atoms with van der Waals surface area (Å²) in [7, 11) is 0. The Hall–Kier alpha value is -2.81. The Bertz CT molecular complexity index is 607. The van der Waals surface area contributed by atoms with E-state index in [-0.39, 0.29) is 17.1 Å². The Balaban J connectivity index is 2.41. The minimum absolute atomic E-state index is 0.00516. The zero-order chi connectivity index (χ0) is 12.4. The first kappa shape index (κ1) is 10.7. The van der Waals surface area contributed by atoms with Gasteiger partial charge >= 0.3 is 0 Å². The van der Waals surface area contributed by atoms with Gasteiger partial charge in [0, 0.05) is 5.56 Å². The van der Waals surface area contributed by atoms with E-state index in [0.717, 1.165) is 4.68 Å². The Morgan fingerprint density at radius 3 is 2.59 bits per heavy atom. The van der Waals surface area contributed by atoms with Gasteiger partial charge in [-0.3, -0.25) is 4.79 Å². The number of carbonyl (C=O) groups is 1. The van der Waals surface area contributed by atoms with Gasteiger partial charge < -0.3 is 10.8 Å². The van der Waals surface area contributed by atoms with Gasteiger partial charge in [0.1, 0.15) is 23.2 Å². The van der Waals surface area contributed by atoms with Crippen molar-refractivity contribution in [1.82, 2.24) is 9.78 Å². The molecule has 0 saturated carbocycles. The maximum absolute atomic E-state index is 11.9. The SMILES string of the molecule is N#Cc1cnn(C(=O)c2ccc(O)cc2)c1N. The molecule has 1 aromatic carbocycles. The summed E-state index contributed by atoms with van der Waals surface area (Å²) in [6.45, 7) is 0. The smallest absolute Gasteiger partial charge is 0.280 e. The van der Waals surface area contributed by atoms with Gasteiger partial charge in [0.25, 0.3) is 5.91 Å². The second-order valence-electron chi connectivity index (χ2n) is 3.32. The third-order valence-electron chi connectivity index (χ3n) is 2.23. The van der Waals surface area contributed by atoms with Gasteiger partial charge in [-0.15, -0.1) is 0 Å². The molecule has 1 heterocycles. The molecule has 0 atom stereocenters. The molecule has 0 aliphatic carbocycles.